The summed E-state index contributed by atoms with van der Waals surface area (Å²) in [7, 11) is 2.82. The van der Waals surface area contributed by atoms with E-state index < -0.39 is 17.6 Å². The van der Waals surface area contributed by atoms with Crippen LogP contribution in [-0.2, 0) is 6.18 Å². The molecular formula is C20H17F3N4O4. The van der Waals surface area contributed by atoms with Crippen LogP contribution in [0.5, 0.6) is 23.5 Å². The summed E-state index contributed by atoms with van der Waals surface area (Å²) in [6, 6.07) is 11.9. The zero-order valence-electron chi connectivity index (χ0n) is 16.4. The van der Waals surface area contributed by atoms with Crippen molar-refractivity contribution in [1.29, 1.82) is 0 Å². The van der Waals surface area contributed by atoms with Crippen LogP contribution in [0.1, 0.15) is 15.9 Å². The molecule has 0 aliphatic heterocycles. The van der Waals surface area contributed by atoms with Gasteiger partial charge in [-0.3, -0.25) is 15.6 Å². The van der Waals surface area contributed by atoms with Crippen molar-refractivity contribution < 1.29 is 32.2 Å². The molecule has 0 radical (unpaired) electrons. The van der Waals surface area contributed by atoms with Gasteiger partial charge in [0.15, 0.2) is 0 Å². The van der Waals surface area contributed by atoms with Gasteiger partial charge < -0.3 is 14.2 Å². The fraction of sp³-hybridized carbons (Fsp3) is 0.150. The second-order valence-electron chi connectivity index (χ2n) is 5.99. The van der Waals surface area contributed by atoms with Gasteiger partial charge in [-0.2, -0.15) is 23.1 Å². The number of hydrogen-bond acceptors (Lipinski definition) is 7. The van der Waals surface area contributed by atoms with Crippen LogP contribution >= 0.6 is 0 Å². The number of ether oxygens (including phenoxy) is 3. The number of nitrogens with one attached hydrogen (secondary N) is 2. The van der Waals surface area contributed by atoms with Crippen molar-refractivity contribution in [2.45, 2.75) is 6.18 Å². The summed E-state index contributed by atoms with van der Waals surface area (Å²) in [6.45, 7) is 0. The minimum atomic E-state index is -4.50. The van der Waals surface area contributed by atoms with E-state index in [4.69, 9.17) is 14.2 Å². The number of methoxy groups -OCH3 is 2. The average molecular weight is 434 g/mol. The maximum Gasteiger partial charge on any atom is 0.416 e. The Bertz CT molecular complexity index is 1050. The molecule has 0 atom stereocenters. The van der Waals surface area contributed by atoms with Crippen molar-refractivity contribution in [2.75, 3.05) is 19.6 Å². The summed E-state index contributed by atoms with van der Waals surface area (Å²) >= 11 is 0. The van der Waals surface area contributed by atoms with Gasteiger partial charge in [0.25, 0.3) is 5.91 Å². The first-order valence-corrected chi connectivity index (χ1v) is 8.77. The molecule has 0 bridgehead atoms. The molecule has 2 aromatic carbocycles. The highest BCUT2D eigenvalue weighted by molar-refractivity contribution is 5.97. The van der Waals surface area contributed by atoms with E-state index in [9.17, 15) is 18.0 Å². The van der Waals surface area contributed by atoms with E-state index in [2.05, 4.69) is 20.8 Å². The number of hydrazine groups is 1. The molecule has 0 spiro atoms. The van der Waals surface area contributed by atoms with Crippen LogP contribution in [0.25, 0.3) is 0 Å². The van der Waals surface area contributed by atoms with Crippen LogP contribution in [0.15, 0.2) is 54.6 Å². The van der Waals surface area contributed by atoms with Gasteiger partial charge in [0.2, 0.25) is 11.8 Å². The quantitative estimate of drug-likeness (QED) is 0.542. The van der Waals surface area contributed by atoms with Crippen molar-refractivity contribution in [1.82, 2.24) is 15.4 Å². The number of nitrogens with zero attached hydrogens (tertiary/aromatic N) is 2. The molecule has 3 aromatic rings. The Morgan fingerprint density at radius 1 is 0.935 bits per heavy atom. The Balaban J connectivity index is 1.77. The molecule has 0 aliphatic carbocycles. The first-order valence-electron chi connectivity index (χ1n) is 8.77. The Hall–Kier alpha value is -4.02. The Morgan fingerprint density at radius 2 is 1.61 bits per heavy atom. The third-order valence-electron chi connectivity index (χ3n) is 3.92. The molecule has 31 heavy (non-hydrogen) atoms. The summed E-state index contributed by atoms with van der Waals surface area (Å²) in [5, 5.41) is 0. The predicted octanol–water partition coefficient (Wildman–Crippen LogP) is 4.06. The number of anilines is 1. The van der Waals surface area contributed by atoms with Crippen LogP contribution in [0, 0.1) is 0 Å². The predicted molar refractivity (Wildman–Crippen MR) is 104 cm³/mol. The highest BCUT2D eigenvalue weighted by Gasteiger charge is 2.30. The van der Waals surface area contributed by atoms with E-state index in [-0.39, 0.29) is 34.8 Å². The molecule has 0 fully saturated rings. The number of benzene rings is 2. The molecule has 2 N–H and O–H groups in total. The highest BCUT2D eigenvalue weighted by atomic mass is 19.4. The van der Waals surface area contributed by atoms with Gasteiger partial charge in [0, 0.05) is 0 Å². The average Bonchev–Trinajstić information content (AvgIpc) is 2.77. The lowest BCUT2D eigenvalue weighted by molar-refractivity contribution is -0.137. The Morgan fingerprint density at radius 3 is 2.26 bits per heavy atom. The number of carbonyl (C=O) groups is 1. The van der Waals surface area contributed by atoms with Crippen LogP contribution in [0.4, 0.5) is 18.9 Å². The lowest BCUT2D eigenvalue weighted by Gasteiger charge is -2.13. The van der Waals surface area contributed by atoms with E-state index in [1.54, 1.807) is 12.1 Å². The molecule has 0 saturated heterocycles. The second kappa shape index (κ2) is 9.20. The number of hydrogen-bond donors (Lipinski definition) is 2. The van der Waals surface area contributed by atoms with E-state index in [0.717, 1.165) is 12.1 Å². The Labute approximate surface area is 175 Å². The van der Waals surface area contributed by atoms with Crippen molar-refractivity contribution >= 4 is 11.6 Å². The molecule has 1 amide bonds. The first kappa shape index (κ1) is 21.7. The van der Waals surface area contributed by atoms with Crippen molar-refractivity contribution in [2.24, 2.45) is 0 Å². The lowest BCUT2D eigenvalue weighted by Crippen LogP contribution is -2.29. The summed E-state index contributed by atoms with van der Waals surface area (Å²) < 4.78 is 54.2. The third kappa shape index (κ3) is 5.53. The number of halogens is 3. The van der Waals surface area contributed by atoms with E-state index in [0.29, 0.717) is 0 Å². The smallest absolute Gasteiger partial charge is 0.416 e. The van der Waals surface area contributed by atoms with Gasteiger partial charge in [-0.1, -0.05) is 18.2 Å². The van der Waals surface area contributed by atoms with Gasteiger partial charge in [-0.25, -0.2) is 0 Å². The largest absolute Gasteiger partial charge is 0.481 e. The minimum Gasteiger partial charge on any atom is -0.481 e. The molecule has 0 unspecified atom stereocenters. The van der Waals surface area contributed by atoms with Crippen LogP contribution in [-0.4, -0.2) is 30.1 Å². The first-order chi connectivity index (χ1) is 14.8. The van der Waals surface area contributed by atoms with Crippen LogP contribution in [0.3, 0.4) is 0 Å². The molecular weight excluding hydrogens is 417 g/mol. The van der Waals surface area contributed by atoms with Crippen LogP contribution in [0.2, 0.25) is 0 Å². The van der Waals surface area contributed by atoms with Crippen molar-refractivity contribution in [3.05, 3.63) is 65.7 Å². The van der Waals surface area contributed by atoms with Gasteiger partial charge in [-0.15, -0.1) is 0 Å². The van der Waals surface area contributed by atoms with Gasteiger partial charge >= 0.3 is 12.2 Å². The number of amides is 1. The van der Waals surface area contributed by atoms with Gasteiger partial charge in [0.05, 0.1) is 37.1 Å². The number of para-hydroxylation sites is 1. The molecule has 0 aliphatic rings. The van der Waals surface area contributed by atoms with Gasteiger partial charge in [-0.05, 0) is 30.3 Å². The molecule has 0 saturated carbocycles. The van der Waals surface area contributed by atoms with Gasteiger partial charge in [0.1, 0.15) is 5.75 Å². The van der Waals surface area contributed by atoms with E-state index >= 15 is 0 Å². The SMILES string of the molecule is COc1cc(OC)nc(Oc2ccccc2C(=O)NNc2cccc(C(F)(F)F)c2)n1. The normalized spacial score (nSPS) is 10.9. The highest BCUT2D eigenvalue weighted by Crippen LogP contribution is 2.30. The number of aromatic nitrogens is 2. The molecule has 1 heterocycles. The molecule has 1 aromatic heterocycles. The fourth-order valence-electron chi connectivity index (χ4n) is 2.45. The zero-order valence-corrected chi connectivity index (χ0v) is 16.4. The summed E-state index contributed by atoms with van der Waals surface area (Å²) in [5.41, 5.74) is 4.10. The molecule has 3 rings (SSSR count). The van der Waals surface area contributed by atoms with Crippen LogP contribution < -0.4 is 25.1 Å². The summed E-state index contributed by atoms with van der Waals surface area (Å²) in [5.74, 6) is -0.158. The number of rotatable bonds is 7. The van der Waals surface area contributed by atoms with Crippen molar-refractivity contribution in [3.63, 3.8) is 0 Å². The van der Waals surface area contributed by atoms with E-state index in [1.165, 1.54) is 44.6 Å². The third-order valence-corrected chi connectivity index (χ3v) is 3.92. The molecule has 162 valence electrons. The van der Waals surface area contributed by atoms with E-state index in [1.807, 2.05) is 0 Å². The zero-order chi connectivity index (χ0) is 22.4. The minimum absolute atomic E-state index is 0.0578. The number of alkyl halides is 3. The topological polar surface area (TPSA) is 94.6 Å². The fourth-order valence-corrected chi connectivity index (χ4v) is 2.45. The molecule has 8 nitrogen and oxygen atoms in total. The number of carbonyl (C=O) groups excluding carboxylic acids is 1. The lowest BCUT2D eigenvalue weighted by atomic mass is 10.2. The Kier molecular flexibility index (Phi) is 6.43. The second-order valence-corrected chi connectivity index (χ2v) is 5.99. The monoisotopic (exact) mass is 434 g/mol. The summed E-state index contributed by atoms with van der Waals surface area (Å²) in [6.07, 6.45) is -4.50. The maximum atomic E-state index is 12.8. The van der Waals surface area contributed by atoms with Crippen molar-refractivity contribution in [3.8, 4) is 23.5 Å². The standard InChI is InChI=1S/C20H17F3N4O4/c1-29-16-11-17(30-2)25-19(24-16)31-15-9-4-3-8-14(15)18(28)27-26-13-7-5-6-12(10-13)20(21,22)23/h3-11,26H,1-2H3,(H,27,28). The maximum absolute atomic E-state index is 12.8. The summed E-state index contributed by atoms with van der Waals surface area (Å²) in [4.78, 5) is 20.7. The molecule has 11 heteroatoms.